The number of fused-ring (bicyclic) bond motifs is 2. The summed E-state index contributed by atoms with van der Waals surface area (Å²) in [5.41, 5.74) is 2.40. The Kier molecular flexibility index (Phi) is 2.75. The number of carbonyl (C=O) groups excluding carboxylic acids is 2. The number of aryl methyl sites for hydroxylation is 1. The van der Waals surface area contributed by atoms with E-state index in [0.29, 0.717) is 12.5 Å². The molecule has 0 aliphatic carbocycles. The number of esters is 2. The minimum absolute atomic E-state index is 0.0208. The fraction of sp³-hybridized carbons (Fsp3) is 0.500. The Hall–Kier alpha value is -2.08. The van der Waals surface area contributed by atoms with Crippen LogP contribution in [0.2, 0.25) is 0 Å². The fourth-order valence-corrected chi connectivity index (χ4v) is 4.02. The van der Waals surface area contributed by atoms with E-state index < -0.39 is 17.8 Å². The van der Waals surface area contributed by atoms with Crippen molar-refractivity contribution in [1.82, 2.24) is 4.90 Å². The van der Waals surface area contributed by atoms with Gasteiger partial charge in [0.15, 0.2) is 0 Å². The van der Waals surface area contributed by atoms with Crippen molar-refractivity contribution in [2.24, 2.45) is 11.8 Å². The molecule has 0 N–H and O–H groups in total. The van der Waals surface area contributed by atoms with Crippen LogP contribution in [0.3, 0.4) is 0 Å². The number of hydrogen-bond acceptors (Lipinski definition) is 6. The van der Waals surface area contributed by atoms with Gasteiger partial charge in [0.1, 0.15) is 0 Å². The van der Waals surface area contributed by atoms with E-state index in [4.69, 9.17) is 9.47 Å². The average molecular weight is 302 g/mol. The molecule has 1 spiro atoms. The summed E-state index contributed by atoms with van der Waals surface area (Å²) in [7, 11) is 1.84. The number of ether oxygens (including phenoxy) is 2. The van der Waals surface area contributed by atoms with Gasteiger partial charge in [-0.1, -0.05) is 18.2 Å². The molecule has 3 aliphatic heterocycles. The molecule has 4 rings (SSSR count). The summed E-state index contributed by atoms with van der Waals surface area (Å²) in [6, 6.07) is 8.22. The second-order valence-corrected chi connectivity index (χ2v) is 6.35. The molecule has 0 aromatic heterocycles. The smallest absolute Gasteiger partial charge is 0.399 e. The minimum Gasteiger partial charge on any atom is -0.399 e. The van der Waals surface area contributed by atoms with Crippen LogP contribution in [0.5, 0.6) is 0 Å². The first-order valence-electron chi connectivity index (χ1n) is 7.49. The monoisotopic (exact) mass is 302 g/mol. The van der Waals surface area contributed by atoms with Gasteiger partial charge in [-0.25, -0.2) is 14.5 Å². The predicted molar refractivity (Wildman–Crippen MR) is 77.9 cm³/mol. The van der Waals surface area contributed by atoms with E-state index in [2.05, 4.69) is 24.0 Å². The highest BCUT2D eigenvalue weighted by Gasteiger charge is 2.65. The van der Waals surface area contributed by atoms with Gasteiger partial charge in [0.2, 0.25) is 0 Å². The van der Waals surface area contributed by atoms with Crippen molar-refractivity contribution in [3.8, 4) is 0 Å². The van der Waals surface area contributed by atoms with Gasteiger partial charge in [-0.2, -0.15) is 0 Å². The third-order valence-corrected chi connectivity index (χ3v) is 5.05. The topological polar surface area (TPSA) is 59.1 Å². The molecule has 3 aliphatic rings. The number of rotatable bonds is 1. The highest BCUT2D eigenvalue weighted by atomic mass is 16.8. The minimum atomic E-state index is -1.21. The van der Waals surface area contributed by atoms with Gasteiger partial charge in [-0.15, -0.1) is 0 Å². The van der Waals surface area contributed by atoms with Crippen LogP contribution in [0.1, 0.15) is 5.56 Å². The number of carbonyl (C=O) groups is 2. The quantitative estimate of drug-likeness (QED) is 0.563. The molecular formula is C16H18N2O4. The van der Waals surface area contributed by atoms with E-state index in [-0.39, 0.29) is 5.92 Å². The zero-order valence-electron chi connectivity index (χ0n) is 12.6. The van der Waals surface area contributed by atoms with Crippen LogP contribution in [0.25, 0.3) is 0 Å². The standard InChI is InChI=1S/C16H18N2O4/c1-10-5-3-4-6-13(10)18-8-11-7-17(2)16(12(11)9-18)21-14(19)15(20)22-16/h3-6,11-12H,7-9H2,1-2H3. The number of likely N-dealkylation sites (tertiary alicyclic amines) is 1. The van der Waals surface area contributed by atoms with Gasteiger partial charge in [0, 0.05) is 31.2 Å². The van der Waals surface area contributed by atoms with E-state index >= 15 is 0 Å². The maximum absolute atomic E-state index is 11.5. The van der Waals surface area contributed by atoms with Gasteiger partial charge in [0.25, 0.3) is 0 Å². The number of benzene rings is 1. The Morgan fingerprint density at radius 2 is 1.77 bits per heavy atom. The van der Waals surface area contributed by atoms with Crippen LogP contribution < -0.4 is 4.90 Å². The summed E-state index contributed by atoms with van der Waals surface area (Å²) >= 11 is 0. The second kappa shape index (κ2) is 4.46. The maximum atomic E-state index is 11.5. The summed E-state index contributed by atoms with van der Waals surface area (Å²) in [6.45, 7) is 4.41. The molecule has 6 heteroatoms. The molecule has 0 amide bonds. The highest BCUT2D eigenvalue weighted by Crippen LogP contribution is 2.47. The van der Waals surface area contributed by atoms with Crippen molar-refractivity contribution in [2.75, 3.05) is 31.6 Å². The molecule has 3 saturated heterocycles. The molecule has 0 radical (unpaired) electrons. The lowest BCUT2D eigenvalue weighted by molar-refractivity contribution is -0.247. The zero-order valence-corrected chi connectivity index (χ0v) is 12.6. The summed E-state index contributed by atoms with van der Waals surface area (Å²) < 4.78 is 10.7. The van der Waals surface area contributed by atoms with Crippen molar-refractivity contribution in [3.05, 3.63) is 29.8 Å². The molecule has 22 heavy (non-hydrogen) atoms. The number of para-hydroxylation sites is 1. The Morgan fingerprint density at radius 3 is 2.45 bits per heavy atom. The number of nitrogens with zero attached hydrogens (tertiary/aromatic N) is 2. The molecule has 0 bridgehead atoms. The summed E-state index contributed by atoms with van der Waals surface area (Å²) in [6.07, 6.45) is 0. The highest BCUT2D eigenvalue weighted by molar-refractivity contribution is 6.31. The van der Waals surface area contributed by atoms with E-state index in [1.807, 2.05) is 24.1 Å². The van der Waals surface area contributed by atoms with Gasteiger partial charge in [-0.3, -0.25) is 0 Å². The summed E-state index contributed by atoms with van der Waals surface area (Å²) in [4.78, 5) is 27.2. The first-order chi connectivity index (χ1) is 10.5. The van der Waals surface area contributed by atoms with Crippen molar-refractivity contribution in [1.29, 1.82) is 0 Å². The summed E-state index contributed by atoms with van der Waals surface area (Å²) in [5.74, 6) is -2.70. The molecule has 1 aromatic carbocycles. The van der Waals surface area contributed by atoms with Crippen LogP contribution in [-0.2, 0) is 19.1 Å². The Balaban J connectivity index is 1.64. The maximum Gasteiger partial charge on any atom is 0.421 e. The van der Waals surface area contributed by atoms with Crippen LogP contribution >= 0.6 is 0 Å². The Labute approximate surface area is 128 Å². The molecule has 3 heterocycles. The van der Waals surface area contributed by atoms with Gasteiger partial charge in [0.05, 0.1) is 5.92 Å². The Bertz CT molecular complexity index is 643. The molecule has 3 fully saturated rings. The van der Waals surface area contributed by atoms with E-state index in [9.17, 15) is 9.59 Å². The third kappa shape index (κ3) is 1.70. The van der Waals surface area contributed by atoms with Gasteiger partial charge >= 0.3 is 17.8 Å². The molecule has 1 aromatic rings. The number of hydrogen-bond donors (Lipinski definition) is 0. The molecule has 116 valence electrons. The molecular weight excluding hydrogens is 284 g/mol. The Morgan fingerprint density at radius 1 is 1.09 bits per heavy atom. The molecule has 2 unspecified atom stereocenters. The van der Waals surface area contributed by atoms with E-state index in [0.717, 1.165) is 13.1 Å². The lowest BCUT2D eigenvalue weighted by Crippen LogP contribution is -2.49. The average Bonchev–Trinajstić information content (AvgIpc) is 3.08. The largest absolute Gasteiger partial charge is 0.421 e. The van der Waals surface area contributed by atoms with Crippen LogP contribution in [-0.4, -0.2) is 49.4 Å². The lowest BCUT2D eigenvalue weighted by Gasteiger charge is -2.33. The predicted octanol–water partition coefficient (Wildman–Crippen LogP) is 0.747. The van der Waals surface area contributed by atoms with Gasteiger partial charge in [-0.05, 0) is 25.6 Å². The van der Waals surface area contributed by atoms with Crippen molar-refractivity contribution in [2.45, 2.75) is 12.8 Å². The summed E-state index contributed by atoms with van der Waals surface area (Å²) in [5, 5.41) is 0. The fourth-order valence-electron chi connectivity index (χ4n) is 4.02. The molecule has 0 saturated carbocycles. The number of anilines is 1. The first kappa shape index (κ1) is 13.6. The van der Waals surface area contributed by atoms with E-state index in [1.165, 1.54) is 11.3 Å². The first-order valence-corrected chi connectivity index (χ1v) is 7.49. The lowest BCUT2D eigenvalue weighted by atomic mass is 9.97. The van der Waals surface area contributed by atoms with Crippen LogP contribution in [0.4, 0.5) is 5.69 Å². The van der Waals surface area contributed by atoms with Crippen molar-refractivity contribution >= 4 is 17.6 Å². The van der Waals surface area contributed by atoms with E-state index in [1.54, 1.807) is 0 Å². The second-order valence-electron chi connectivity index (χ2n) is 6.35. The zero-order chi connectivity index (χ0) is 15.5. The molecule has 6 nitrogen and oxygen atoms in total. The SMILES string of the molecule is Cc1ccccc1N1CC2CN(C)C3(OC(=O)C(=O)O3)C2C1. The van der Waals surface area contributed by atoms with Crippen molar-refractivity contribution < 1.29 is 19.1 Å². The van der Waals surface area contributed by atoms with Crippen LogP contribution in [0.15, 0.2) is 24.3 Å². The van der Waals surface area contributed by atoms with Gasteiger partial charge < -0.3 is 14.4 Å². The van der Waals surface area contributed by atoms with Crippen LogP contribution in [0, 0.1) is 18.8 Å². The van der Waals surface area contributed by atoms with Crippen molar-refractivity contribution in [3.63, 3.8) is 0 Å². The normalized spacial score (nSPS) is 29.8. The third-order valence-electron chi connectivity index (χ3n) is 5.05. The molecule has 2 atom stereocenters.